The van der Waals surface area contributed by atoms with Crippen molar-refractivity contribution >= 4 is 27.5 Å². The van der Waals surface area contributed by atoms with Gasteiger partial charge in [0.15, 0.2) is 0 Å². The van der Waals surface area contributed by atoms with Gasteiger partial charge in [0.05, 0.1) is 27.0 Å². The molecule has 4 rings (SSSR count). The maximum Gasteiger partial charge on any atom is 0.252 e. The van der Waals surface area contributed by atoms with Crippen LogP contribution >= 0.6 is 11.3 Å². The normalized spacial score (nSPS) is 12.2. The summed E-state index contributed by atoms with van der Waals surface area (Å²) in [6, 6.07) is 17.2. The lowest BCUT2D eigenvalue weighted by Crippen LogP contribution is -2.30. The molecule has 0 bridgehead atoms. The number of carbonyl (C=O) groups is 1. The number of nitrogens with one attached hydrogen (secondary N) is 1. The lowest BCUT2D eigenvalue weighted by molar-refractivity contribution is 0.0942. The number of aromatic nitrogens is 3. The Morgan fingerprint density at radius 1 is 1.15 bits per heavy atom. The van der Waals surface area contributed by atoms with E-state index in [9.17, 15) is 4.79 Å². The molecule has 4 aromatic rings. The Kier molecular flexibility index (Phi) is 4.26. The summed E-state index contributed by atoms with van der Waals surface area (Å²) in [5, 5.41) is 8.39. The van der Waals surface area contributed by atoms with Crippen LogP contribution in [0.15, 0.2) is 60.8 Å². The van der Waals surface area contributed by atoms with Crippen LogP contribution in [-0.4, -0.2) is 20.7 Å². The van der Waals surface area contributed by atoms with E-state index in [2.05, 4.69) is 15.4 Å². The fraction of sp³-hybridized carbons (Fsp3) is 0.150. The first-order valence-corrected chi connectivity index (χ1v) is 9.14. The number of carbonyl (C=O) groups excluding carboxylic acids is 1. The molecule has 0 radical (unpaired) electrons. The van der Waals surface area contributed by atoms with Gasteiger partial charge in [-0.05, 0) is 36.8 Å². The van der Waals surface area contributed by atoms with Crippen LogP contribution in [0.5, 0.6) is 0 Å². The van der Waals surface area contributed by atoms with Crippen molar-refractivity contribution in [1.29, 1.82) is 0 Å². The molecule has 0 aliphatic heterocycles. The SMILES string of the molecule is Cc1nc2ccc(C(=O)NC(c3ccccc3)c3ccnn3C)cc2s1. The largest absolute Gasteiger partial charge is 0.340 e. The van der Waals surface area contributed by atoms with Gasteiger partial charge in [0.1, 0.15) is 0 Å². The standard InChI is InChI=1S/C20H18N4OS/c1-13-22-16-9-8-15(12-18(16)26-13)20(25)23-19(14-6-4-3-5-7-14)17-10-11-21-24(17)2/h3-12,19H,1-2H3,(H,23,25). The van der Waals surface area contributed by atoms with E-state index >= 15 is 0 Å². The molecule has 0 spiro atoms. The Morgan fingerprint density at radius 2 is 1.96 bits per heavy atom. The summed E-state index contributed by atoms with van der Waals surface area (Å²) >= 11 is 1.59. The van der Waals surface area contributed by atoms with Crippen LogP contribution in [0.1, 0.15) is 32.7 Å². The van der Waals surface area contributed by atoms with Crippen LogP contribution in [0.4, 0.5) is 0 Å². The monoisotopic (exact) mass is 362 g/mol. The number of thiazole rings is 1. The molecule has 0 saturated carbocycles. The minimum Gasteiger partial charge on any atom is -0.340 e. The van der Waals surface area contributed by atoms with Crippen LogP contribution in [0.2, 0.25) is 0 Å². The Bertz CT molecular complexity index is 1070. The zero-order chi connectivity index (χ0) is 18.1. The van der Waals surface area contributed by atoms with Crippen molar-refractivity contribution in [3.05, 3.63) is 82.6 Å². The van der Waals surface area contributed by atoms with E-state index in [1.807, 2.05) is 68.6 Å². The predicted octanol–water partition coefficient (Wildman–Crippen LogP) is 3.86. The van der Waals surface area contributed by atoms with Crippen LogP contribution in [-0.2, 0) is 7.05 Å². The van der Waals surface area contributed by atoms with Gasteiger partial charge < -0.3 is 5.32 Å². The third-order valence-corrected chi connectivity index (χ3v) is 5.25. The van der Waals surface area contributed by atoms with E-state index in [0.717, 1.165) is 26.5 Å². The summed E-state index contributed by atoms with van der Waals surface area (Å²) < 4.78 is 2.81. The Balaban J connectivity index is 1.68. The summed E-state index contributed by atoms with van der Waals surface area (Å²) in [5.41, 5.74) is 3.50. The second-order valence-electron chi connectivity index (χ2n) is 6.11. The van der Waals surface area contributed by atoms with Gasteiger partial charge >= 0.3 is 0 Å². The molecular formula is C20H18N4OS. The summed E-state index contributed by atoms with van der Waals surface area (Å²) in [4.78, 5) is 17.4. The molecule has 0 aliphatic rings. The maximum absolute atomic E-state index is 12.9. The first-order chi connectivity index (χ1) is 12.6. The number of aryl methyl sites for hydroxylation is 2. The molecule has 0 aliphatic carbocycles. The molecule has 26 heavy (non-hydrogen) atoms. The average Bonchev–Trinajstić information content (AvgIpc) is 3.24. The zero-order valence-corrected chi connectivity index (χ0v) is 15.3. The molecule has 1 unspecified atom stereocenters. The second kappa shape index (κ2) is 6.72. The van der Waals surface area contributed by atoms with Crippen LogP contribution < -0.4 is 5.32 Å². The van der Waals surface area contributed by atoms with Gasteiger partial charge in [-0.15, -0.1) is 11.3 Å². The Labute approximate surface area is 155 Å². The van der Waals surface area contributed by atoms with Crippen molar-refractivity contribution in [2.24, 2.45) is 7.05 Å². The highest BCUT2D eigenvalue weighted by molar-refractivity contribution is 7.18. The van der Waals surface area contributed by atoms with Gasteiger partial charge in [-0.1, -0.05) is 30.3 Å². The van der Waals surface area contributed by atoms with E-state index in [4.69, 9.17) is 0 Å². The molecule has 1 atom stereocenters. The number of rotatable bonds is 4. The average molecular weight is 362 g/mol. The summed E-state index contributed by atoms with van der Waals surface area (Å²) in [7, 11) is 1.88. The Hall–Kier alpha value is -2.99. The number of hydrogen-bond acceptors (Lipinski definition) is 4. The highest BCUT2D eigenvalue weighted by Crippen LogP contribution is 2.25. The molecule has 2 aromatic heterocycles. The highest BCUT2D eigenvalue weighted by atomic mass is 32.1. The number of benzene rings is 2. The van der Waals surface area contributed by atoms with Crippen molar-refractivity contribution in [2.75, 3.05) is 0 Å². The van der Waals surface area contributed by atoms with E-state index < -0.39 is 0 Å². The number of nitrogens with zero attached hydrogens (tertiary/aromatic N) is 3. The van der Waals surface area contributed by atoms with Gasteiger partial charge in [0, 0.05) is 18.8 Å². The molecule has 6 heteroatoms. The minimum atomic E-state index is -0.268. The van der Waals surface area contributed by atoms with Crippen molar-refractivity contribution in [3.63, 3.8) is 0 Å². The Morgan fingerprint density at radius 3 is 2.69 bits per heavy atom. The van der Waals surface area contributed by atoms with Gasteiger partial charge in [0.2, 0.25) is 0 Å². The van der Waals surface area contributed by atoms with Gasteiger partial charge in [-0.2, -0.15) is 5.10 Å². The molecule has 0 fully saturated rings. The van der Waals surface area contributed by atoms with Gasteiger partial charge in [0.25, 0.3) is 5.91 Å². The molecule has 5 nitrogen and oxygen atoms in total. The number of amides is 1. The highest BCUT2D eigenvalue weighted by Gasteiger charge is 2.20. The lowest BCUT2D eigenvalue weighted by Gasteiger charge is -2.19. The first-order valence-electron chi connectivity index (χ1n) is 8.33. The fourth-order valence-corrected chi connectivity index (χ4v) is 3.90. The quantitative estimate of drug-likeness (QED) is 0.600. The topological polar surface area (TPSA) is 59.8 Å². The van der Waals surface area contributed by atoms with Crippen LogP contribution in [0.3, 0.4) is 0 Å². The minimum absolute atomic E-state index is 0.118. The smallest absolute Gasteiger partial charge is 0.252 e. The summed E-state index contributed by atoms with van der Waals surface area (Å²) in [6.07, 6.45) is 1.74. The van der Waals surface area contributed by atoms with Crippen molar-refractivity contribution in [1.82, 2.24) is 20.1 Å². The molecule has 1 N–H and O–H groups in total. The molecule has 1 amide bonds. The predicted molar refractivity (Wildman–Crippen MR) is 103 cm³/mol. The number of fused-ring (bicyclic) bond motifs is 1. The molecule has 130 valence electrons. The van der Waals surface area contributed by atoms with Crippen molar-refractivity contribution in [2.45, 2.75) is 13.0 Å². The lowest BCUT2D eigenvalue weighted by atomic mass is 10.0. The van der Waals surface area contributed by atoms with Gasteiger partial charge in [-0.3, -0.25) is 9.48 Å². The van der Waals surface area contributed by atoms with E-state index in [0.29, 0.717) is 5.56 Å². The summed E-state index contributed by atoms with van der Waals surface area (Å²) in [6.45, 7) is 1.97. The van der Waals surface area contributed by atoms with Crippen molar-refractivity contribution < 1.29 is 4.79 Å². The van der Waals surface area contributed by atoms with Crippen molar-refractivity contribution in [3.8, 4) is 0 Å². The molecule has 0 saturated heterocycles. The van der Waals surface area contributed by atoms with Gasteiger partial charge in [-0.25, -0.2) is 4.98 Å². The van der Waals surface area contributed by atoms with E-state index in [1.54, 1.807) is 22.2 Å². The fourth-order valence-electron chi connectivity index (χ4n) is 3.04. The third-order valence-electron chi connectivity index (χ3n) is 4.32. The molecule has 2 aromatic carbocycles. The molecular weight excluding hydrogens is 344 g/mol. The number of hydrogen-bond donors (Lipinski definition) is 1. The maximum atomic E-state index is 12.9. The molecule has 2 heterocycles. The first kappa shape index (κ1) is 16.5. The van der Waals surface area contributed by atoms with E-state index in [1.165, 1.54) is 0 Å². The van der Waals surface area contributed by atoms with Crippen LogP contribution in [0.25, 0.3) is 10.2 Å². The second-order valence-corrected chi connectivity index (χ2v) is 7.35. The van der Waals surface area contributed by atoms with Crippen LogP contribution in [0, 0.1) is 6.92 Å². The third kappa shape index (κ3) is 3.11. The van der Waals surface area contributed by atoms with E-state index in [-0.39, 0.29) is 11.9 Å². The summed E-state index contributed by atoms with van der Waals surface area (Å²) in [5.74, 6) is -0.118. The zero-order valence-electron chi connectivity index (χ0n) is 14.5.